The van der Waals surface area contributed by atoms with Gasteiger partial charge in [-0.3, -0.25) is 4.90 Å². The second-order valence-electron chi connectivity index (χ2n) is 14.1. The van der Waals surface area contributed by atoms with E-state index in [0.717, 1.165) is 51.4 Å². The van der Waals surface area contributed by atoms with Crippen LogP contribution in [0.2, 0.25) is 0 Å². The SMILES string of the molecule is CCCCCCCCC=CCCCCCCCCNC(=O)OCCCCCCNC(=O)OC1CCCCN1C(=O)Oc1ccc(Oc2ccccc2)cc1. The van der Waals surface area contributed by atoms with Gasteiger partial charge in [-0.15, -0.1) is 0 Å². The Balaban J connectivity index is 1.11. The van der Waals surface area contributed by atoms with Gasteiger partial charge in [0.2, 0.25) is 0 Å². The maximum atomic E-state index is 13.0. The van der Waals surface area contributed by atoms with Crippen LogP contribution in [0.4, 0.5) is 14.4 Å². The van der Waals surface area contributed by atoms with Crippen LogP contribution in [0, 0.1) is 0 Å². The van der Waals surface area contributed by atoms with Crippen molar-refractivity contribution in [3.63, 3.8) is 0 Å². The minimum Gasteiger partial charge on any atom is -0.457 e. The number of benzene rings is 2. The predicted molar refractivity (Wildman–Crippen MR) is 215 cm³/mol. The molecule has 1 saturated heterocycles. The molecule has 2 aromatic carbocycles. The number of unbranched alkanes of at least 4 members (excludes halogenated alkanes) is 15. The Morgan fingerprint density at radius 2 is 1.20 bits per heavy atom. The third-order valence-corrected chi connectivity index (χ3v) is 9.46. The number of nitrogens with one attached hydrogen (secondary N) is 2. The fourth-order valence-electron chi connectivity index (χ4n) is 6.31. The fraction of sp³-hybridized carbons (Fsp3) is 0.614. The first kappa shape index (κ1) is 44.2. The van der Waals surface area contributed by atoms with Crippen LogP contribution < -0.4 is 20.1 Å². The zero-order valence-electron chi connectivity index (χ0n) is 32.9. The van der Waals surface area contributed by atoms with E-state index < -0.39 is 18.4 Å². The van der Waals surface area contributed by atoms with Gasteiger partial charge in [-0.2, -0.15) is 0 Å². The van der Waals surface area contributed by atoms with Crippen LogP contribution in [-0.2, 0) is 9.47 Å². The third kappa shape index (κ3) is 20.9. The van der Waals surface area contributed by atoms with Gasteiger partial charge in [-0.1, -0.05) is 101 Å². The average Bonchev–Trinajstić information content (AvgIpc) is 3.18. The first-order valence-electron chi connectivity index (χ1n) is 20.9. The molecule has 10 heteroatoms. The summed E-state index contributed by atoms with van der Waals surface area (Å²) < 4.78 is 22.3. The van der Waals surface area contributed by atoms with Crippen molar-refractivity contribution in [1.29, 1.82) is 0 Å². The van der Waals surface area contributed by atoms with Crippen molar-refractivity contribution >= 4 is 18.3 Å². The van der Waals surface area contributed by atoms with E-state index in [4.69, 9.17) is 18.9 Å². The highest BCUT2D eigenvalue weighted by Gasteiger charge is 2.31. The molecule has 54 heavy (non-hydrogen) atoms. The van der Waals surface area contributed by atoms with Crippen molar-refractivity contribution in [2.75, 3.05) is 26.2 Å². The molecule has 0 radical (unpaired) electrons. The van der Waals surface area contributed by atoms with E-state index in [1.807, 2.05) is 30.3 Å². The van der Waals surface area contributed by atoms with Crippen LogP contribution in [0.15, 0.2) is 66.7 Å². The van der Waals surface area contributed by atoms with Crippen LogP contribution in [0.1, 0.15) is 142 Å². The maximum absolute atomic E-state index is 13.0. The quantitative estimate of drug-likeness (QED) is 0.0690. The zero-order valence-corrected chi connectivity index (χ0v) is 32.9. The minimum absolute atomic E-state index is 0.348. The topological polar surface area (TPSA) is 115 Å². The second kappa shape index (κ2) is 29.2. The van der Waals surface area contributed by atoms with Crippen molar-refractivity contribution < 1.29 is 33.3 Å². The molecular weight excluding hydrogens is 682 g/mol. The Labute approximate surface area is 324 Å². The molecule has 0 aromatic heterocycles. The van der Waals surface area contributed by atoms with E-state index in [1.165, 1.54) is 81.9 Å². The molecular formula is C44H67N3O7. The van der Waals surface area contributed by atoms with Gasteiger partial charge in [0.25, 0.3) is 0 Å². The third-order valence-electron chi connectivity index (χ3n) is 9.46. The number of carbonyl (C=O) groups is 3. The standard InChI is InChI=1S/C44H67N3O7/c1-2-3-4-5-6-7-8-9-10-11-12-13-14-15-16-23-34-45-42(48)51-37-26-18-17-24-35-46-43(49)54-41-29-22-25-36-47(41)44(50)53-40-32-30-39(31-33-40)52-38-27-20-19-21-28-38/h9-10,19-21,27-28,30-33,41H,2-8,11-18,22-26,29,34-37H2,1H3,(H,45,48)(H,46,49). The summed E-state index contributed by atoms with van der Waals surface area (Å²) in [6.45, 7) is 4.21. The van der Waals surface area contributed by atoms with E-state index >= 15 is 0 Å². The zero-order chi connectivity index (χ0) is 38.3. The first-order chi connectivity index (χ1) is 26.5. The van der Waals surface area contributed by atoms with E-state index in [2.05, 4.69) is 29.7 Å². The molecule has 0 spiro atoms. The summed E-state index contributed by atoms with van der Waals surface area (Å²) >= 11 is 0. The fourth-order valence-corrected chi connectivity index (χ4v) is 6.31. The monoisotopic (exact) mass is 749 g/mol. The lowest BCUT2D eigenvalue weighted by Crippen LogP contribution is -2.48. The van der Waals surface area contributed by atoms with E-state index in [9.17, 15) is 14.4 Å². The lowest BCUT2D eigenvalue weighted by molar-refractivity contribution is -0.0224. The number of amides is 3. The summed E-state index contributed by atoms with van der Waals surface area (Å²) in [6, 6.07) is 16.2. The smallest absolute Gasteiger partial charge is 0.418 e. The van der Waals surface area contributed by atoms with E-state index in [0.29, 0.717) is 49.9 Å². The van der Waals surface area contributed by atoms with Crippen molar-refractivity contribution in [1.82, 2.24) is 15.5 Å². The molecule has 0 bridgehead atoms. The van der Waals surface area contributed by atoms with Crippen molar-refractivity contribution in [2.45, 2.75) is 148 Å². The van der Waals surface area contributed by atoms with Crippen molar-refractivity contribution in [3.8, 4) is 17.2 Å². The highest BCUT2D eigenvalue weighted by Crippen LogP contribution is 2.25. The highest BCUT2D eigenvalue weighted by molar-refractivity contribution is 5.72. The Bertz CT molecular complexity index is 1310. The van der Waals surface area contributed by atoms with Crippen LogP contribution in [-0.4, -0.2) is 55.6 Å². The van der Waals surface area contributed by atoms with E-state index in [-0.39, 0.29) is 6.09 Å². The average molecular weight is 750 g/mol. The van der Waals surface area contributed by atoms with Gasteiger partial charge in [-0.05, 0) is 101 Å². The molecule has 1 aliphatic rings. The van der Waals surface area contributed by atoms with Gasteiger partial charge in [0.05, 0.1) is 6.61 Å². The van der Waals surface area contributed by atoms with E-state index in [1.54, 1.807) is 24.3 Å². The minimum atomic E-state index is -0.683. The number of alkyl carbamates (subject to hydrolysis) is 2. The van der Waals surface area contributed by atoms with Crippen LogP contribution in [0.5, 0.6) is 17.2 Å². The lowest BCUT2D eigenvalue weighted by Gasteiger charge is -2.33. The van der Waals surface area contributed by atoms with Crippen LogP contribution in [0.25, 0.3) is 0 Å². The molecule has 10 nitrogen and oxygen atoms in total. The Hall–Kier alpha value is -4.21. The summed E-state index contributed by atoms with van der Waals surface area (Å²) in [4.78, 5) is 38.9. The Kier molecular flexibility index (Phi) is 23.9. The molecule has 1 unspecified atom stereocenters. The first-order valence-corrected chi connectivity index (χ1v) is 20.9. The molecule has 0 saturated carbocycles. The second-order valence-corrected chi connectivity index (χ2v) is 14.1. The van der Waals surface area contributed by atoms with Gasteiger partial charge in [-0.25, -0.2) is 14.4 Å². The predicted octanol–water partition coefficient (Wildman–Crippen LogP) is 11.8. The number of para-hydroxylation sites is 1. The number of rotatable bonds is 27. The molecule has 2 N–H and O–H groups in total. The normalized spacial score (nSPS) is 14.1. The highest BCUT2D eigenvalue weighted by atomic mass is 16.6. The van der Waals surface area contributed by atoms with Crippen molar-refractivity contribution in [3.05, 3.63) is 66.7 Å². The Morgan fingerprint density at radius 1 is 0.648 bits per heavy atom. The lowest BCUT2D eigenvalue weighted by atomic mass is 10.1. The molecule has 0 aliphatic carbocycles. The molecule has 300 valence electrons. The van der Waals surface area contributed by atoms with Crippen molar-refractivity contribution in [2.24, 2.45) is 0 Å². The molecule has 1 heterocycles. The molecule has 3 amide bonds. The Morgan fingerprint density at radius 3 is 1.87 bits per heavy atom. The summed E-state index contributed by atoms with van der Waals surface area (Å²) in [6.07, 6.45) is 25.8. The summed E-state index contributed by atoms with van der Waals surface area (Å²) in [5.41, 5.74) is 0. The number of ether oxygens (including phenoxy) is 4. The molecule has 1 aliphatic heterocycles. The molecule has 3 rings (SSSR count). The largest absolute Gasteiger partial charge is 0.457 e. The number of piperidine rings is 1. The van der Waals surface area contributed by atoms with Gasteiger partial charge in [0.1, 0.15) is 17.2 Å². The maximum Gasteiger partial charge on any atom is 0.418 e. The summed E-state index contributed by atoms with van der Waals surface area (Å²) in [5, 5.41) is 5.64. The number of allylic oxidation sites excluding steroid dienone is 2. The van der Waals surface area contributed by atoms with Crippen LogP contribution in [0.3, 0.4) is 0 Å². The summed E-state index contributed by atoms with van der Waals surface area (Å²) in [7, 11) is 0. The number of carbonyl (C=O) groups excluding carboxylic acids is 3. The van der Waals surface area contributed by atoms with Gasteiger partial charge in [0, 0.05) is 26.1 Å². The number of hydrogen-bond acceptors (Lipinski definition) is 7. The molecule has 1 fully saturated rings. The van der Waals surface area contributed by atoms with Gasteiger partial charge < -0.3 is 29.6 Å². The summed E-state index contributed by atoms with van der Waals surface area (Å²) in [5.74, 6) is 1.72. The van der Waals surface area contributed by atoms with Gasteiger partial charge >= 0.3 is 18.3 Å². The molecule has 2 aromatic rings. The number of nitrogens with zero attached hydrogens (tertiary/aromatic N) is 1. The number of hydrogen-bond donors (Lipinski definition) is 2. The molecule has 1 atom stereocenters. The number of likely N-dealkylation sites (tertiary alicyclic amines) is 1. The van der Waals surface area contributed by atoms with Gasteiger partial charge in [0.15, 0.2) is 6.23 Å². The van der Waals surface area contributed by atoms with Crippen LogP contribution >= 0.6 is 0 Å².